The van der Waals surface area contributed by atoms with Crippen molar-refractivity contribution in [3.05, 3.63) is 18.2 Å². The molecule has 0 bridgehead atoms. The van der Waals surface area contributed by atoms with Crippen LogP contribution in [0.5, 0.6) is 0 Å². The van der Waals surface area contributed by atoms with Gasteiger partial charge in [-0.25, -0.2) is 4.98 Å². The minimum atomic E-state index is 0.160. The predicted octanol–water partition coefficient (Wildman–Crippen LogP) is 2.67. The summed E-state index contributed by atoms with van der Waals surface area (Å²) < 4.78 is 2.33. The van der Waals surface area contributed by atoms with Crippen molar-refractivity contribution in [1.29, 1.82) is 0 Å². The molecule has 2 heterocycles. The van der Waals surface area contributed by atoms with Gasteiger partial charge in [-0.15, -0.1) is 0 Å². The van der Waals surface area contributed by atoms with E-state index in [0.717, 1.165) is 13.1 Å². The monoisotopic (exact) mass is 221 g/mol. The van der Waals surface area contributed by atoms with Crippen LogP contribution in [0.2, 0.25) is 0 Å². The Kier molecular flexibility index (Phi) is 3.64. The van der Waals surface area contributed by atoms with Crippen LogP contribution < -0.4 is 5.32 Å². The molecule has 3 nitrogen and oxygen atoms in total. The molecule has 0 saturated carbocycles. The number of hydrogen-bond acceptors (Lipinski definition) is 2. The minimum absolute atomic E-state index is 0.160. The molecule has 0 radical (unpaired) electrons. The SMILES string of the molecule is CCCn1ccnc1C1(CCC)CCCN1. The number of aromatic nitrogens is 2. The van der Waals surface area contributed by atoms with Gasteiger partial charge in [0.25, 0.3) is 0 Å². The lowest BCUT2D eigenvalue weighted by molar-refractivity contribution is 0.320. The Labute approximate surface area is 98.3 Å². The van der Waals surface area contributed by atoms with Crippen LogP contribution in [0.15, 0.2) is 12.4 Å². The second-order valence-electron chi connectivity index (χ2n) is 4.81. The second-order valence-corrected chi connectivity index (χ2v) is 4.81. The van der Waals surface area contributed by atoms with E-state index in [-0.39, 0.29) is 5.54 Å². The summed E-state index contributed by atoms with van der Waals surface area (Å²) in [6, 6.07) is 0. The van der Waals surface area contributed by atoms with Crippen molar-refractivity contribution in [2.45, 2.75) is 58.0 Å². The average molecular weight is 221 g/mol. The highest BCUT2D eigenvalue weighted by Gasteiger charge is 2.37. The van der Waals surface area contributed by atoms with Gasteiger partial charge in [-0.3, -0.25) is 0 Å². The van der Waals surface area contributed by atoms with Crippen LogP contribution in [0, 0.1) is 0 Å². The standard InChI is InChI=1S/C13H23N3/c1-3-6-13(7-5-8-15-13)12-14-9-11-16(12)10-4-2/h9,11,15H,3-8,10H2,1-2H3. The molecule has 1 fully saturated rings. The van der Waals surface area contributed by atoms with Gasteiger partial charge in [-0.1, -0.05) is 20.3 Å². The summed E-state index contributed by atoms with van der Waals surface area (Å²) in [5, 5.41) is 3.69. The average Bonchev–Trinajstić information content (AvgIpc) is 2.88. The van der Waals surface area contributed by atoms with E-state index < -0.39 is 0 Å². The van der Waals surface area contributed by atoms with E-state index in [4.69, 9.17) is 0 Å². The Morgan fingerprint density at radius 3 is 2.94 bits per heavy atom. The lowest BCUT2D eigenvalue weighted by Gasteiger charge is -2.29. The molecule has 1 atom stereocenters. The van der Waals surface area contributed by atoms with E-state index in [1.807, 2.05) is 6.20 Å². The van der Waals surface area contributed by atoms with Gasteiger partial charge in [0.1, 0.15) is 5.82 Å². The first-order valence-electron chi connectivity index (χ1n) is 6.59. The fourth-order valence-corrected chi connectivity index (χ4v) is 2.90. The summed E-state index contributed by atoms with van der Waals surface area (Å²) >= 11 is 0. The lowest BCUT2D eigenvalue weighted by Crippen LogP contribution is -2.39. The van der Waals surface area contributed by atoms with Gasteiger partial charge in [0.05, 0.1) is 5.54 Å². The maximum Gasteiger partial charge on any atom is 0.129 e. The van der Waals surface area contributed by atoms with Gasteiger partial charge in [0, 0.05) is 18.9 Å². The molecular formula is C13H23N3. The van der Waals surface area contributed by atoms with Crippen LogP contribution in [0.4, 0.5) is 0 Å². The highest BCUT2D eigenvalue weighted by Crippen LogP contribution is 2.34. The Bertz CT molecular complexity index is 324. The Hall–Kier alpha value is -0.830. The van der Waals surface area contributed by atoms with E-state index in [2.05, 4.69) is 34.9 Å². The van der Waals surface area contributed by atoms with Crippen molar-refractivity contribution >= 4 is 0 Å². The van der Waals surface area contributed by atoms with Gasteiger partial charge in [-0.2, -0.15) is 0 Å². The fraction of sp³-hybridized carbons (Fsp3) is 0.769. The zero-order valence-electron chi connectivity index (χ0n) is 10.5. The molecule has 16 heavy (non-hydrogen) atoms. The van der Waals surface area contributed by atoms with E-state index in [0.29, 0.717) is 0 Å². The number of rotatable bonds is 5. The molecule has 2 rings (SSSR count). The Balaban J connectivity index is 2.27. The van der Waals surface area contributed by atoms with E-state index in [1.165, 1.54) is 37.9 Å². The van der Waals surface area contributed by atoms with Crippen LogP contribution in [0.3, 0.4) is 0 Å². The van der Waals surface area contributed by atoms with E-state index in [1.54, 1.807) is 0 Å². The Morgan fingerprint density at radius 2 is 2.31 bits per heavy atom. The topological polar surface area (TPSA) is 29.9 Å². The van der Waals surface area contributed by atoms with Crippen molar-refractivity contribution in [3.63, 3.8) is 0 Å². The summed E-state index contributed by atoms with van der Waals surface area (Å²) in [6.07, 6.45) is 10.2. The molecule has 1 aliphatic rings. The van der Waals surface area contributed by atoms with Gasteiger partial charge in [-0.05, 0) is 32.2 Å². The zero-order valence-corrected chi connectivity index (χ0v) is 10.5. The van der Waals surface area contributed by atoms with Gasteiger partial charge < -0.3 is 9.88 Å². The van der Waals surface area contributed by atoms with Gasteiger partial charge in [0.15, 0.2) is 0 Å². The molecule has 3 heteroatoms. The third-order valence-corrected chi connectivity index (χ3v) is 3.53. The van der Waals surface area contributed by atoms with Crippen molar-refractivity contribution in [2.75, 3.05) is 6.54 Å². The molecule has 1 unspecified atom stereocenters. The predicted molar refractivity (Wildman–Crippen MR) is 66.3 cm³/mol. The number of hydrogen-bond donors (Lipinski definition) is 1. The van der Waals surface area contributed by atoms with Crippen LogP contribution >= 0.6 is 0 Å². The summed E-state index contributed by atoms with van der Waals surface area (Å²) in [5.74, 6) is 1.26. The fourth-order valence-electron chi connectivity index (χ4n) is 2.90. The largest absolute Gasteiger partial charge is 0.333 e. The van der Waals surface area contributed by atoms with Gasteiger partial charge in [0.2, 0.25) is 0 Å². The molecule has 1 N–H and O–H groups in total. The number of aryl methyl sites for hydroxylation is 1. The van der Waals surface area contributed by atoms with Crippen LogP contribution in [0.1, 0.15) is 51.8 Å². The first kappa shape index (κ1) is 11.6. The molecule has 0 spiro atoms. The maximum absolute atomic E-state index is 4.61. The summed E-state index contributed by atoms with van der Waals surface area (Å²) in [4.78, 5) is 4.61. The molecule has 0 amide bonds. The molecule has 0 aliphatic carbocycles. The first-order valence-corrected chi connectivity index (χ1v) is 6.59. The molecular weight excluding hydrogens is 198 g/mol. The molecule has 0 aromatic carbocycles. The summed E-state index contributed by atoms with van der Waals surface area (Å²) in [6.45, 7) is 6.70. The molecule has 1 aromatic rings. The van der Waals surface area contributed by atoms with E-state index in [9.17, 15) is 0 Å². The maximum atomic E-state index is 4.61. The van der Waals surface area contributed by atoms with Crippen LogP contribution in [-0.2, 0) is 12.1 Å². The zero-order chi connectivity index (χ0) is 11.4. The van der Waals surface area contributed by atoms with Crippen molar-refractivity contribution < 1.29 is 0 Å². The second kappa shape index (κ2) is 5.00. The number of imidazole rings is 1. The third-order valence-electron chi connectivity index (χ3n) is 3.53. The summed E-state index contributed by atoms with van der Waals surface area (Å²) in [7, 11) is 0. The highest BCUT2D eigenvalue weighted by atomic mass is 15.1. The molecule has 1 saturated heterocycles. The highest BCUT2D eigenvalue weighted by molar-refractivity contribution is 5.11. The molecule has 1 aromatic heterocycles. The number of nitrogens with zero attached hydrogens (tertiary/aromatic N) is 2. The van der Waals surface area contributed by atoms with Crippen molar-refractivity contribution in [3.8, 4) is 0 Å². The number of nitrogens with one attached hydrogen (secondary N) is 1. The van der Waals surface area contributed by atoms with Crippen molar-refractivity contribution in [2.24, 2.45) is 0 Å². The third kappa shape index (κ3) is 2.01. The van der Waals surface area contributed by atoms with Gasteiger partial charge >= 0.3 is 0 Å². The molecule has 90 valence electrons. The normalized spacial score (nSPS) is 25.1. The Morgan fingerprint density at radius 1 is 1.44 bits per heavy atom. The lowest BCUT2D eigenvalue weighted by atomic mass is 9.91. The van der Waals surface area contributed by atoms with Crippen LogP contribution in [0.25, 0.3) is 0 Å². The quantitative estimate of drug-likeness (QED) is 0.828. The summed E-state index contributed by atoms with van der Waals surface area (Å²) in [5.41, 5.74) is 0.160. The smallest absolute Gasteiger partial charge is 0.129 e. The van der Waals surface area contributed by atoms with E-state index >= 15 is 0 Å². The minimum Gasteiger partial charge on any atom is -0.333 e. The van der Waals surface area contributed by atoms with Crippen LogP contribution in [-0.4, -0.2) is 16.1 Å². The molecule has 1 aliphatic heterocycles. The van der Waals surface area contributed by atoms with Crippen molar-refractivity contribution in [1.82, 2.24) is 14.9 Å². The first-order chi connectivity index (χ1) is 7.82.